The van der Waals surface area contributed by atoms with E-state index in [1.54, 1.807) is 0 Å². The van der Waals surface area contributed by atoms with Crippen molar-refractivity contribution in [3.8, 4) is 11.1 Å². The Balaban J connectivity index is 0.000000163. The third-order valence-corrected chi connectivity index (χ3v) is 3.17. The molecule has 108 valence electrons. The van der Waals surface area contributed by atoms with E-state index in [1.807, 2.05) is 36.4 Å². The van der Waals surface area contributed by atoms with Gasteiger partial charge in [0, 0.05) is 0 Å². The van der Waals surface area contributed by atoms with Crippen molar-refractivity contribution in [3.05, 3.63) is 90.0 Å². The van der Waals surface area contributed by atoms with Gasteiger partial charge in [0.15, 0.2) is 0 Å². The zero-order valence-corrected chi connectivity index (χ0v) is 15.7. The molecule has 0 spiro atoms. The molecule has 0 nitrogen and oxygen atoms in total. The van der Waals surface area contributed by atoms with Crippen molar-refractivity contribution in [1.82, 2.24) is 0 Å². The summed E-state index contributed by atoms with van der Waals surface area (Å²) in [6, 6.07) is 28.1. The first-order valence-electron chi connectivity index (χ1n) is 7.45. The summed E-state index contributed by atoms with van der Waals surface area (Å²) in [4.78, 5) is 0. The Hall–Kier alpha value is -1.28. The molecule has 0 bridgehead atoms. The fraction of sp³-hybridized carbons (Fsp3) is 0.150. The van der Waals surface area contributed by atoms with Crippen molar-refractivity contribution in [2.45, 2.75) is 19.5 Å². The van der Waals surface area contributed by atoms with Crippen molar-refractivity contribution in [2.24, 2.45) is 0 Å². The van der Waals surface area contributed by atoms with Crippen LogP contribution in [0.1, 0.15) is 11.1 Å². The molecule has 0 amide bonds. The summed E-state index contributed by atoms with van der Waals surface area (Å²) in [7, 11) is 0. The number of hydrogen-bond acceptors (Lipinski definition) is 0. The molecule has 22 heavy (non-hydrogen) atoms. The first-order chi connectivity index (χ1) is 10.7. The van der Waals surface area contributed by atoms with Gasteiger partial charge in [0.25, 0.3) is 0 Å². The van der Waals surface area contributed by atoms with Gasteiger partial charge in [-0.05, 0) is 6.42 Å². The summed E-state index contributed by atoms with van der Waals surface area (Å²) in [6.07, 6.45) is 1.17. The molecule has 4 rings (SSSR count). The van der Waals surface area contributed by atoms with Crippen LogP contribution in [0.4, 0.5) is 0 Å². The number of benzene rings is 2. The van der Waals surface area contributed by atoms with Crippen molar-refractivity contribution >= 4 is 6.19 Å². The van der Waals surface area contributed by atoms with Crippen LogP contribution in [0.2, 0.25) is 13.1 Å². The minimum atomic E-state index is 0.120. The van der Waals surface area contributed by atoms with E-state index in [9.17, 15) is 0 Å². The molecule has 0 radical (unpaired) electrons. The molecule has 0 aliphatic heterocycles. The molecule has 2 heteroatoms. The second-order valence-electron chi connectivity index (χ2n) is 5.36. The molecule has 0 N–H and O–H groups in total. The van der Waals surface area contributed by atoms with E-state index in [2.05, 4.69) is 74.7 Å². The number of fused-ring (bicyclic) bond motifs is 3. The second-order valence-corrected chi connectivity index (χ2v) is 12.0. The number of rotatable bonds is 0. The summed E-state index contributed by atoms with van der Waals surface area (Å²) in [5, 5.41) is 0. The van der Waals surface area contributed by atoms with Crippen LogP contribution in [0.3, 0.4) is 0 Å². The summed E-state index contributed by atoms with van der Waals surface area (Å²) in [6.45, 7) is 4.54. The van der Waals surface area contributed by atoms with Gasteiger partial charge in [0.05, 0.1) is 0 Å². The Bertz CT molecular complexity index is 649. The maximum absolute atomic E-state index is 3.30. The van der Waals surface area contributed by atoms with E-state index in [1.165, 1.54) is 22.3 Å². The fourth-order valence-electron chi connectivity index (χ4n) is 2.32. The van der Waals surface area contributed by atoms with Gasteiger partial charge >= 0.3 is 38.5 Å². The summed E-state index contributed by atoms with van der Waals surface area (Å²) >= 11 is 2.27. The Morgan fingerprint density at radius 2 is 1.59 bits per heavy atom. The molecule has 3 aromatic carbocycles. The topological polar surface area (TPSA) is 0 Å². The molecular formula is C20H20SiTi. The van der Waals surface area contributed by atoms with E-state index >= 15 is 0 Å². The van der Waals surface area contributed by atoms with Crippen LogP contribution < -0.4 is 0 Å². The maximum Gasteiger partial charge on any atom is -0.0253 e. The summed E-state index contributed by atoms with van der Waals surface area (Å²) < 4.78 is 0. The third-order valence-electron chi connectivity index (χ3n) is 3.17. The molecule has 3 aromatic rings. The molecule has 1 aliphatic rings. The van der Waals surface area contributed by atoms with Gasteiger partial charge in [-0.2, -0.15) is 48.0 Å². The van der Waals surface area contributed by atoms with Crippen molar-refractivity contribution in [2.75, 3.05) is 0 Å². The minimum Gasteiger partial charge on any atom is -0.214 e. The number of hydrogen-bond donors (Lipinski definition) is 0. The molecule has 1 aliphatic carbocycles. The molecular weight excluding hydrogens is 316 g/mol. The third kappa shape index (κ3) is 5.17. The Morgan fingerprint density at radius 3 is 2.23 bits per heavy atom. The van der Waals surface area contributed by atoms with Crippen LogP contribution in [0.5, 0.6) is 0 Å². The van der Waals surface area contributed by atoms with Gasteiger partial charge < -0.3 is 0 Å². The molecule has 0 saturated carbocycles. The molecule has 0 atom stereocenters. The Labute approximate surface area is 145 Å². The average molecular weight is 336 g/mol. The van der Waals surface area contributed by atoms with E-state index in [0.717, 1.165) is 6.42 Å². The Morgan fingerprint density at radius 1 is 0.955 bits per heavy atom. The maximum atomic E-state index is 3.30. The first-order valence-corrected chi connectivity index (χ1v) is 12.3. The van der Waals surface area contributed by atoms with Crippen LogP contribution in [0, 0.1) is 6.07 Å². The largest absolute Gasteiger partial charge is 0.214 e. The predicted molar refractivity (Wildman–Crippen MR) is 93.0 cm³/mol. The van der Waals surface area contributed by atoms with Gasteiger partial charge in [-0.1, -0.05) is 35.4 Å². The summed E-state index contributed by atoms with van der Waals surface area (Å²) in [5.74, 6) is 0. The quantitative estimate of drug-likeness (QED) is 0.304. The van der Waals surface area contributed by atoms with Crippen molar-refractivity contribution < 1.29 is 19.2 Å². The van der Waals surface area contributed by atoms with Crippen LogP contribution in [0.15, 0.2) is 72.8 Å². The zero-order chi connectivity index (χ0) is 15.8. The van der Waals surface area contributed by atoms with Crippen LogP contribution in [-0.4, -0.2) is 6.19 Å². The van der Waals surface area contributed by atoms with E-state index in [0.29, 0.717) is 0 Å². The van der Waals surface area contributed by atoms with Crippen LogP contribution in [0.25, 0.3) is 11.1 Å². The van der Waals surface area contributed by atoms with E-state index in [4.69, 9.17) is 0 Å². The summed E-state index contributed by atoms with van der Waals surface area (Å²) in [5.41, 5.74) is 5.51. The molecule has 0 aromatic heterocycles. The second kappa shape index (κ2) is 8.99. The average Bonchev–Trinajstić information content (AvgIpc) is 3.18. The van der Waals surface area contributed by atoms with Crippen molar-refractivity contribution in [1.29, 1.82) is 0 Å². The van der Waals surface area contributed by atoms with Crippen LogP contribution >= 0.6 is 0 Å². The SMILES string of the molecule is C[Si](C)=[Ti+2].[c-]1cccc2c1Cc1ccccc1-2.c1cc[cH-]c1. The van der Waals surface area contributed by atoms with Gasteiger partial charge in [-0.15, -0.1) is 5.56 Å². The van der Waals surface area contributed by atoms with Gasteiger partial charge in [-0.3, -0.25) is 0 Å². The molecule has 0 heterocycles. The normalized spacial score (nSPS) is 10.4. The molecule has 0 unspecified atom stereocenters. The predicted octanol–water partition coefficient (Wildman–Crippen LogP) is 5.25. The first kappa shape index (κ1) is 17.1. The van der Waals surface area contributed by atoms with E-state index < -0.39 is 0 Å². The molecule has 0 fully saturated rings. The fourth-order valence-corrected chi connectivity index (χ4v) is 2.32. The molecule has 0 saturated heterocycles. The van der Waals surface area contributed by atoms with Gasteiger partial charge in [0.2, 0.25) is 0 Å². The monoisotopic (exact) mass is 336 g/mol. The van der Waals surface area contributed by atoms with Gasteiger partial charge in [0.1, 0.15) is 0 Å². The zero-order valence-electron chi connectivity index (χ0n) is 13.1. The smallest absolute Gasteiger partial charge is 0.0253 e. The standard InChI is InChI=1S/C13H9.C5H5.C2H6Si.Ti/c1-3-7-12-10(5-1)9-11-6-2-4-8-13(11)12;1-2-4-5-3-1;1-3-2;/h1-5,7-8H,9H2;1-5H;1-2H3;/q2*-1;;+2. The van der Waals surface area contributed by atoms with E-state index in [-0.39, 0.29) is 6.19 Å². The van der Waals surface area contributed by atoms with Crippen molar-refractivity contribution in [3.63, 3.8) is 0 Å². The van der Waals surface area contributed by atoms with Gasteiger partial charge in [-0.25, -0.2) is 12.1 Å². The minimum absolute atomic E-state index is 0.120. The van der Waals surface area contributed by atoms with Crippen LogP contribution in [-0.2, 0) is 25.6 Å². The Kier molecular flexibility index (Phi) is 6.98.